The molecule has 7 heteroatoms. The van der Waals surface area contributed by atoms with E-state index in [4.69, 9.17) is 0 Å². The highest BCUT2D eigenvalue weighted by Gasteiger charge is 2.35. The van der Waals surface area contributed by atoms with Crippen LogP contribution in [0, 0.1) is 11.6 Å². The molecule has 19 heavy (non-hydrogen) atoms. The van der Waals surface area contributed by atoms with Crippen LogP contribution < -0.4 is 4.72 Å². The first-order valence-electron chi connectivity index (χ1n) is 5.93. The third-order valence-corrected chi connectivity index (χ3v) is 4.54. The molecule has 1 aliphatic rings. The van der Waals surface area contributed by atoms with Crippen LogP contribution in [-0.4, -0.2) is 25.7 Å². The quantitative estimate of drug-likeness (QED) is 0.859. The lowest BCUT2D eigenvalue weighted by atomic mass is 9.81. The van der Waals surface area contributed by atoms with Gasteiger partial charge >= 0.3 is 0 Å². The van der Waals surface area contributed by atoms with Crippen molar-refractivity contribution >= 4 is 10.0 Å². The maximum absolute atomic E-state index is 13.4. The Balaban J connectivity index is 2.00. The van der Waals surface area contributed by atoms with E-state index >= 15 is 0 Å². The van der Waals surface area contributed by atoms with Crippen LogP contribution in [0.25, 0.3) is 0 Å². The number of hydrogen-bond donors (Lipinski definition) is 2. The van der Waals surface area contributed by atoms with Gasteiger partial charge in [-0.15, -0.1) is 0 Å². The van der Waals surface area contributed by atoms with E-state index in [0.717, 1.165) is 18.6 Å². The molecule has 1 fully saturated rings. The van der Waals surface area contributed by atoms with Crippen LogP contribution in [0.5, 0.6) is 0 Å². The topological polar surface area (TPSA) is 66.4 Å². The highest BCUT2D eigenvalue weighted by molar-refractivity contribution is 7.88. The van der Waals surface area contributed by atoms with Gasteiger partial charge in [0.15, 0.2) is 0 Å². The summed E-state index contributed by atoms with van der Waals surface area (Å²) < 4.78 is 51.8. The van der Waals surface area contributed by atoms with E-state index in [1.165, 1.54) is 0 Å². The Kier molecular flexibility index (Phi) is 3.89. The van der Waals surface area contributed by atoms with Gasteiger partial charge in [-0.05, 0) is 25.3 Å². The molecule has 2 N–H and O–H groups in total. The molecule has 0 bridgehead atoms. The Morgan fingerprint density at radius 3 is 2.53 bits per heavy atom. The molecule has 0 radical (unpaired) electrons. The van der Waals surface area contributed by atoms with Crippen LogP contribution >= 0.6 is 0 Å². The first-order chi connectivity index (χ1) is 8.80. The molecule has 1 aliphatic carbocycles. The molecule has 0 aromatic heterocycles. The van der Waals surface area contributed by atoms with Crippen LogP contribution in [-0.2, 0) is 15.8 Å². The van der Waals surface area contributed by atoms with Crippen molar-refractivity contribution in [3.05, 3.63) is 35.4 Å². The smallest absolute Gasteiger partial charge is 0.215 e. The van der Waals surface area contributed by atoms with Gasteiger partial charge in [-0.3, -0.25) is 0 Å². The van der Waals surface area contributed by atoms with Crippen LogP contribution in [0.2, 0.25) is 0 Å². The molecular formula is C12H15F2NO3S. The maximum atomic E-state index is 13.4. The monoisotopic (exact) mass is 291 g/mol. The van der Waals surface area contributed by atoms with Crippen LogP contribution in [0.15, 0.2) is 18.2 Å². The lowest BCUT2D eigenvalue weighted by molar-refractivity contribution is -0.0271. The first kappa shape index (κ1) is 14.4. The molecule has 1 aromatic carbocycles. The fourth-order valence-corrected chi connectivity index (χ4v) is 3.13. The summed E-state index contributed by atoms with van der Waals surface area (Å²) in [7, 11) is -3.75. The number of aliphatic hydroxyl groups is 1. The summed E-state index contributed by atoms with van der Waals surface area (Å²) in [4.78, 5) is 0. The minimum atomic E-state index is -3.75. The third-order valence-electron chi connectivity index (χ3n) is 3.27. The number of halogens is 2. The first-order valence-corrected chi connectivity index (χ1v) is 7.59. The maximum Gasteiger partial charge on any atom is 0.215 e. The molecule has 0 atom stereocenters. The van der Waals surface area contributed by atoms with Crippen LogP contribution in [0.1, 0.15) is 24.8 Å². The van der Waals surface area contributed by atoms with Gasteiger partial charge in [0.1, 0.15) is 11.6 Å². The molecule has 4 nitrogen and oxygen atoms in total. The minimum Gasteiger partial charge on any atom is -0.389 e. The van der Waals surface area contributed by atoms with Crippen LogP contribution in [0.3, 0.4) is 0 Å². The molecule has 0 saturated heterocycles. The minimum absolute atomic E-state index is 0.0713. The van der Waals surface area contributed by atoms with Crippen molar-refractivity contribution in [2.75, 3.05) is 6.54 Å². The van der Waals surface area contributed by atoms with E-state index in [1.54, 1.807) is 0 Å². The Morgan fingerprint density at radius 1 is 1.32 bits per heavy atom. The average molecular weight is 291 g/mol. The van der Waals surface area contributed by atoms with Crippen molar-refractivity contribution in [1.82, 2.24) is 4.72 Å². The van der Waals surface area contributed by atoms with Gasteiger partial charge in [-0.1, -0.05) is 6.07 Å². The van der Waals surface area contributed by atoms with Gasteiger partial charge < -0.3 is 5.11 Å². The highest BCUT2D eigenvalue weighted by atomic mass is 32.2. The van der Waals surface area contributed by atoms with Crippen molar-refractivity contribution in [1.29, 1.82) is 0 Å². The van der Waals surface area contributed by atoms with Gasteiger partial charge in [-0.25, -0.2) is 21.9 Å². The third kappa shape index (κ3) is 3.71. The molecule has 1 aromatic rings. The van der Waals surface area contributed by atoms with Crippen molar-refractivity contribution < 1.29 is 22.3 Å². The van der Waals surface area contributed by atoms with Gasteiger partial charge in [0.05, 0.1) is 11.4 Å². The van der Waals surface area contributed by atoms with Crippen molar-refractivity contribution in [2.24, 2.45) is 0 Å². The summed E-state index contributed by atoms with van der Waals surface area (Å²) in [5.41, 5.74) is -1.08. The summed E-state index contributed by atoms with van der Waals surface area (Å²) in [6, 6.07) is 2.75. The normalized spacial score (nSPS) is 18.1. The number of benzene rings is 1. The Hall–Kier alpha value is -1.05. The number of hydrogen-bond acceptors (Lipinski definition) is 3. The average Bonchev–Trinajstić information content (AvgIpc) is 2.28. The number of sulfonamides is 1. The number of rotatable bonds is 5. The van der Waals surface area contributed by atoms with E-state index in [-0.39, 0.29) is 12.1 Å². The molecule has 0 heterocycles. The van der Waals surface area contributed by atoms with Crippen LogP contribution in [0.4, 0.5) is 8.78 Å². The lowest BCUT2D eigenvalue weighted by Gasteiger charge is -2.36. The fraction of sp³-hybridized carbons (Fsp3) is 0.500. The van der Waals surface area contributed by atoms with Crippen molar-refractivity contribution in [3.8, 4) is 0 Å². The zero-order valence-corrected chi connectivity index (χ0v) is 11.0. The van der Waals surface area contributed by atoms with E-state index in [2.05, 4.69) is 4.72 Å². The van der Waals surface area contributed by atoms with Gasteiger partial charge in [0.25, 0.3) is 0 Å². The van der Waals surface area contributed by atoms with Gasteiger partial charge in [-0.2, -0.15) is 0 Å². The molecule has 0 unspecified atom stereocenters. The molecule has 0 spiro atoms. The summed E-state index contributed by atoms with van der Waals surface area (Å²) in [6.45, 7) is -0.0713. The van der Waals surface area contributed by atoms with E-state index in [0.29, 0.717) is 18.9 Å². The van der Waals surface area contributed by atoms with Gasteiger partial charge in [0.2, 0.25) is 10.0 Å². The predicted octanol–water partition coefficient (Wildman–Crippen LogP) is 1.30. The molecule has 2 rings (SSSR count). The Morgan fingerprint density at radius 2 is 2.00 bits per heavy atom. The van der Waals surface area contributed by atoms with Crippen molar-refractivity contribution in [2.45, 2.75) is 30.6 Å². The van der Waals surface area contributed by atoms with E-state index in [9.17, 15) is 22.3 Å². The summed E-state index contributed by atoms with van der Waals surface area (Å²) >= 11 is 0. The molecule has 0 aliphatic heterocycles. The summed E-state index contributed by atoms with van der Waals surface area (Å²) in [5.74, 6) is -2.22. The summed E-state index contributed by atoms with van der Waals surface area (Å²) in [5, 5.41) is 9.78. The molecular weight excluding hydrogens is 276 g/mol. The fourth-order valence-electron chi connectivity index (χ4n) is 1.90. The zero-order chi connectivity index (χ0) is 14.1. The highest BCUT2D eigenvalue weighted by Crippen LogP contribution is 2.30. The van der Waals surface area contributed by atoms with E-state index < -0.39 is 33.0 Å². The van der Waals surface area contributed by atoms with Gasteiger partial charge in [0, 0.05) is 18.2 Å². The number of nitrogens with one attached hydrogen (secondary N) is 1. The molecule has 1 saturated carbocycles. The van der Waals surface area contributed by atoms with Crippen molar-refractivity contribution in [3.63, 3.8) is 0 Å². The van der Waals surface area contributed by atoms with E-state index in [1.807, 2.05) is 0 Å². The second-order valence-corrected chi connectivity index (χ2v) is 6.70. The largest absolute Gasteiger partial charge is 0.389 e. The second-order valence-electron chi connectivity index (χ2n) is 4.89. The predicted molar refractivity (Wildman–Crippen MR) is 65.8 cm³/mol. The Bertz CT molecular complexity index is 570. The SMILES string of the molecule is O=S(=O)(Cc1ccc(F)cc1F)NCC1(O)CCC1. The molecule has 106 valence electrons. The summed E-state index contributed by atoms with van der Waals surface area (Å²) in [6.07, 6.45) is 1.98. The zero-order valence-electron chi connectivity index (χ0n) is 10.2. The molecule has 0 amide bonds. The Labute approximate surface area is 110 Å². The second kappa shape index (κ2) is 5.15. The standard InChI is InChI=1S/C12H15F2NO3S/c13-10-3-2-9(11(14)6-10)7-19(17,18)15-8-12(16)4-1-5-12/h2-3,6,15-16H,1,4-5,7-8H2. The lowest BCUT2D eigenvalue weighted by Crippen LogP contribution is -2.47.